The van der Waals surface area contributed by atoms with Gasteiger partial charge in [-0.2, -0.15) is 0 Å². The van der Waals surface area contributed by atoms with Gasteiger partial charge in [-0.1, -0.05) is 19.3 Å². The van der Waals surface area contributed by atoms with Crippen LogP contribution in [0.2, 0.25) is 0 Å². The fourth-order valence-corrected chi connectivity index (χ4v) is 3.66. The number of nitrogens with zero attached hydrogens (tertiary/aromatic N) is 1. The Morgan fingerprint density at radius 2 is 2.05 bits per heavy atom. The Hall–Kier alpha value is -1.29. The Balaban J connectivity index is 1.88. The molecule has 2 aromatic rings. The van der Waals surface area contributed by atoms with Crippen molar-refractivity contribution in [2.45, 2.75) is 45.1 Å². The molecule has 1 aromatic carbocycles. The number of nitrogen functional groups attached to an aromatic ring is 1. The molecule has 3 nitrogen and oxygen atoms in total. The molecule has 1 aromatic heterocycles. The van der Waals surface area contributed by atoms with E-state index in [9.17, 15) is 0 Å². The van der Waals surface area contributed by atoms with Gasteiger partial charge in [-0.15, -0.1) is 0 Å². The van der Waals surface area contributed by atoms with E-state index >= 15 is 0 Å². The topological polar surface area (TPSA) is 50.9 Å². The molecular formula is C17H22BrN3. The number of rotatable bonds is 3. The predicted octanol–water partition coefficient (Wildman–Crippen LogP) is 4.96. The van der Waals surface area contributed by atoms with E-state index in [1.807, 2.05) is 18.3 Å². The lowest BCUT2D eigenvalue weighted by Crippen LogP contribution is -2.27. The third kappa shape index (κ3) is 3.15. The van der Waals surface area contributed by atoms with Gasteiger partial charge < -0.3 is 11.1 Å². The van der Waals surface area contributed by atoms with Gasteiger partial charge in [0.15, 0.2) is 0 Å². The molecule has 0 amide bonds. The largest absolute Gasteiger partial charge is 0.398 e. The van der Waals surface area contributed by atoms with Gasteiger partial charge in [-0.3, -0.25) is 4.98 Å². The summed E-state index contributed by atoms with van der Waals surface area (Å²) in [5, 5.41) is 4.67. The van der Waals surface area contributed by atoms with Gasteiger partial charge in [-0.25, -0.2) is 0 Å². The van der Waals surface area contributed by atoms with Crippen LogP contribution in [-0.2, 0) is 0 Å². The summed E-state index contributed by atoms with van der Waals surface area (Å²) in [4.78, 5) is 4.55. The minimum Gasteiger partial charge on any atom is -0.398 e. The van der Waals surface area contributed by atoms with E-state index in [0.29, 0.717) is 6.04 Å². The Labute approximate surface area is 134 Å². The fraction of sp³-hybridized carbons (Fsp3) is 0.471. The van der Waals surface area contributed by atoms with E-state index < -0.39 is 0 Å². The van der Waals surface area contributed by atoms with Crippen LogP contribution in [0.25, 0.3) is 10.9 Å². The van der Waals surface area contributed by atoms with Crippen LogP contribution in [-0.4, -0.2) is 11.0 Å². The molecule has 0 aliphatic heterocycles. The molecule has 3 N–H and O–H groups in total. The molecule has 0 radical (unpaired) electrons. The number of fused-ring (bicyclic) bond motifs is 1. The first-order valence-electron chi connectivity index (χ1n) is 7.75. The van der Waals surface area contributed by atoms with Crippen molar-refractivity contribution in [2.75, 3.05) is 11.1 Å². The van der Waals surface area contributed by atoms with E-state index in [-0.39, 0.29) is 0 Å². The molecule has 0 bridgehead atoms. The van der Waals surface area contributed by atoms with Crippen molar-refractivity contribution in [3.05, 3.63) is 28.9 Å². The number of aromatic nitrogens is 1. The highest BCUT2D eigenvalue weighted by Gasteiger charge is 2.20. The molecule has 4 heteroatoms. The summed E-state index contributed by atoms with van der Waals surface area (Å²) < 4.78 is 0.958. The van der Waals surface area contributed by atoms with Gasteiger partial charge in [0, 0.05) is 27.8 Å². The van der Waals surface area contributed by atoms with E-state index in [1.54, 1.807) is 0 Å². The smallest absolute Gasteiger partial charge is 0.0954 e. The van der Waals surface area contributed by atoms with Gasteiger partial charge in [0.05, 0.1) is 11.2 Å². The van der Waals surface area contributed by atoms with Gasteiger partial charge in [0.2, 0.25) is 0 Å². The zero-order valence-corrected chi connectivity index (χ0v) is 14.0. The van der Waals surface area contributed by atoms with E-state index in [2.05, 4.69) is 39.2 Å². The lowest BCUT2D eigenvalue weighted by molar-refractivity contribution is 0.328. The van der Waals surface area contributed by atoms with Crippen LogP contribution in [0.4, 0.5) is 11.4 Å². The second-order valence-electron chi connectivity index (χ2n) is 6.08. The number of hydrogen-bond donors (Lipinski definition) is 2. The maximum Gasteiger partial charge on any atom is 0.0954 e. The average molecular weight is 348 g/mol. The molecule has 3 rings (SSSR count). The summed E-state index contributed by atoms with van der Waals surface area (Å²) >= 11 is 3.47. The van der Waals surface area contributed by atoms with Crippen LogP contribution < -0.4 is 11.1 Å². The molecule has 1 heterocycles. The number of halogens is 1. The lowest BCUT2D eigenvalue weighted by atomic mass is 9.84. The van der Waals surface area contributed by atoms with Crippen molar-refractivity contribution in [1.29, 1.82) is 0 Å². The standard InChI is InChI=1S/C17H22BrN3/c1-11(12-5-3-2-4-6-12)21-16-8-7-15(19)14-9-13(18)10-20-17(14)16/h7-12,21H,2-6,19H2,1H3. The molecule has 0 saturated heterocycles. The Kier molecular flexibility index (Phi) is 4.34. The average Bonchev–Trinajstić information content (AvgIpc) is 2.51. The molecule has 112 valence electrons. The van der Waals surface area contributed by atoms with Crippen LogP contribution in [0.1, 0.15) is 39.0 Å². The maximum absolute atomic E-state index is 6.08. The van der Waals surface area contributed by atoms with Gasteiger partial charge in [-0.05, 0) is 59.8 Å². The van der Waals surface area contributed by atoms with Gasteiger partial charge in [0.25, 0.3) is 0 Å². The summed E-state index contributed by atoms with van der Waals surface area (Å²) in [6.45, 7) is 2.29. The number of benzene rings is 1. The zero-order valence-electron chi connectivity index (χ0n) is 12.4. The van der Waals surface area contributed by atoms with Crippen LogP contribution in [0.15, 0.2) is 28.9 Å². The van der Waals surface area contributed by atoms with Gasteiger partial charge >= 0.3 is 0 Å². The quantitative estimate of drug-likeness (QED) is 0.771. The van der Waals surface area contributed by atoms with Crippen molar-refractivity contribution in [1.82, 2.24) is 4.98 Å². The first kappa shape index (κ1) is 14.6. The van der Waals surface area contributed by atoms with E-state index in [1.165, 1.54) is 32.1 Å². The third-order valence-electron chi connectivity index (χ3n) is 4.59. The molecule has 1 saturated carbocycles. The van der Waals surface area contributed by atoms with Crippen LogP contribution in [0.5, 0.6) is 0 Å². The number of nitrogens with two attached hydrogens (primary N) is 1. The summed E-state index contributed by atoms with van der Waals surface area (Å²) in [5.74, 6) is 0.766. The Bertz CT molecular complexity index is 635. The van der Waals surface area contributed by atoms with Crippen LogP contribution in [0.3, 0.4) is 0 Å². The first-order chi connectivity index (χ1) is 10.1. The Morgan fingerprint density at radius 3 is 2.81 bits per heavy atom. The van der Waals surface area contributed by atoms with Crippen molar-refractivity contribution in [2.24, 2.45) is 5.92 Å². The monoisotopic (exact) mass is 347 g/mol. The molecule has 1 aliphatic rings. The predicted molar refractivity (Wildman–Crippen MR) is 93.5 cm³/mol. The minimum atomic E-state index is 0.475. The van der Waals surface area contributed by atoms with E-state index in [4.69, 9.17) is 5.73 Å². The van der Waals surface area contributed by atoms with Crippen LogP contribution in [0, 0.1) is 5.92 Å². The third-order valence-corrected chi connectivity index (χ3v) is 5.02. The molecule has 1 unspecified atom stereocenters. The van der Waals surface area contributed by atoms with Crippen molar-refractivity contribution < 1.29 is 0 Å². The van der Waals surface area contributed by atoms with Crippen molar-refractivity contribution in [3.63, 3.8) is 0 Å². The number of pyridine rings is 1. The highest BCUT2D eigenvalue weighted by atomic mass is 79.9. The normalized spacial score (nSPS) is 17.8. The SMILES string of the molecule is CC(Nc1ccc(N)c2cc(Br)cnc12)C1CCCCC1. The van der Waals surface area contributed by atoms with E-state index in [0.717, 1.165) is 32.7 Å². The fourth-order valence-electron chi connectivity index (χ4n) is 3.33. The summed E-state index contributed by atoms with van der Waals surface area (Å²) in [7, 11) is 0. The maximum atomic E-state index is 6.08. The first-order valence-corrected chi connectivity index (χ1v) is 8.55. The molecule has 1 fully saturated rings. The van der Waals surface area contributed by atoms with Gasteiger partial charge in [0.1, 0.15) is 0 Å². The number of nitrogens with one attached hydrogen (secondary N) is 1. The molecule has 1 atom stereocenters. The minimum absolute atomic E-state index is 0.475. The Morgan fingerprint density at radius 1 is 1.29 bits per heavy atom. The summed E-state index contributed by atoms with van der Waals surface area (Å²) in [6.07, 6.45) is 8.62. The molecule has 21 heavy (non-hydrogen) atoms. The summed E-state index contributed by atoms with van der Waals surface area (Å²) in [5.41, 5.74) is 8.90. The zero-order chi connectivity index (χ0) is 14.8. The molecule has 0 spiro atoms. The molecule has 1 aliphatic carbocycles. The van der Waals surface area contributed by atoms with Crippen molar-refractivity contribution in [3.8, 4) is 0 Å². The van der Waals surface area contributed by atoms with Crippen LogP contribution >= 0.6 is 15.9 Å². The van der Waals surface area contributed by atoms with Crippen molar-refractivity contribution >= 4 is 38.2 Å². The second-order valence-corrected chi connectivity index (χ2v) is 7.00. The molecular weight excluding hydrogens is 326 g/mol. The summed E-state index contributed by atoms with van der Waals surface area (Å²) in [6, 6.07) is 6.53. The lowest BCUT2D eigenvalue weighted by Gasteiger charge is -2.29. The highest BCUT2D eigenvalue weighted by Crippen LogP contribution is 2.32. The second kappa shape index (κ2) is 6.22. The highest BCUT2D eigenvalue weighted by molar-refractivity contribution is 9.10. The number of hydrogen-bond acceptors (Lipinski definition) is 3. The number of anilines is 2.